The van der Waals surface area contributed by atoms with Gasteiger partial charge in [-0.3, -0.25) is 29.6 Å². The number of anilines is 1. The van der Waals surface area contributed by atoms with E-state index in [9.17, 15) is 19.2 Å². The van der Waals surface area contributed by atoms with Crippen molar-refractivity contribution in [1.29, 1.82) is 0 Å². The van der Waals surface area contributed by atoms with Crippen LogP contribution in [0.2, 0.25) is 0 Å². The quantitative estimate of drug-likeness (QED) is 0.567. The van der Waals surface area contributed by atoms with Gasteiger partial charge in [-0.25, -0.2) is 0 Å². The van der Waals surface area contributed by atoms with Crippen LogP contribution in [0, 0.1) is 19.8 Å². The molecule has 0 saturated carbocycles. The number of hydrogen-bond acceptors (Lipinski definition) is 7. The lowest BCUT2D eigenvalue weighted by Gasteiger charge is -2.18. The van der Waals surface area contributed by atoms with Gasteiger partial charge in [0.05, 0.1) is 26.7 Å². The van der Waals surface area contributed by atoms with Gasteiger partial charge in [0.25, 0.3) is 11.8 Å². The zero-order valence-electron chi connectivity index (χ0n) is 19.5. The molecule has 34 heavy (non-hydrogen) atoms. The highest BCUT2D eigenvalue weighted by Crippen LogP contribution is 2.23. The Labute approximate surface area is 197 Å². The average molecular weight is 469 g/mol. The van der Waals surface area contributed by atoms with Crippen LogP contribution in [0.1, 0.15) is 27.9 Å². The topological polar surface area (TPSA) is 123 Å². The number of nitrogens with zero attached hydrogens (tertiary/aromatic N) is 1. The number of hydrazine groups is 1. The van der Waals surface area contributed by atoms with E-state index < -0.39 is 36.2 Å². The van der Waals surface area contributed by atoms with Crippen LogP contribution in [0.3, 0.4) is 0 Å². The summed E-state index contributed by atoms with van der Waals surface area (Å²) >= 11 is 0. The van der Waals surface area contributed by atoms with Crippen molar-refractivity contribution in [3.8, 4) is 11.5 Å². The number of carbonyl (C=O) groups is 4. The smallest absolute Gasteiger partial charge is 0.311 e. The molecule has 1 aliphatic heterocycles. The van der Waals surface area contributed by atoms with E-state index in [1.165, 1.54) is 26.4 Å². The molecular formula is C24H27N3O7. The first-order valence-electron chi connectivity index (χ1n) is 10.6. The van der Waals surface area contributed by atoms with Crippen molar-refractivity contribution in [1.82, 2.24) is 10.4 Å². The number of hydrogen-bond donors (Lipinski definition) is 2. The summed E-state index contributed by atoms with van der Waals surface area (Å²) in [5.74, 6) is -2.15. The van der Waals surface area contributed by atoms with Gasteiger partial charge in [0.1, 0.15) is 11.5 Å². The van der Waals surface area contributed by atoms with E-state index in [-0.39, 0.29) is 18.5 Å². The van der Waals surface area contributed by atoms with Crippen LogP contribution in [0.25, 0.3) is 0 Å². The van der Waals surface area contributed by atoms with Crippen LogP contribution in [0.5, 0.6) is 11.5 Å². The normalized spacial score (nSPS) is 15.0. The van der Waals surface area contributed by atoms with Gasteiger partial charge in [0.15, 0.2) is 6.61 Å². The maximum atomic E-state index is 12.6. The number of methoxy groups -OCH3 is 2. The van der Waals surface area contributed by atoms with Crippen molar-refractivity contribution < 1.29 is 33.4 Å². The van der Waals surface area contributed by atoms with Crippen molar-refractivity contribution in [2.45, 2.75) is 20.3 Å². The first kappa shape index (κ1) is 24.6. The van der Waals surface area contributed by atoms with E-state index in [2.05, 4.69) is 10.7 Å². The van der Waals surface area contributed by atoms with Crippen LogP contribution in [-0.4, -0.2) is 56.1 Å². The number of esters is 1. The van der Waals surface area contributed by atoms with Crippen LogP contribution in [0.15, 0.2) is 36.4 Å². The average Bonchev–Trinajstić information content (AvgIpc) is 3.18. The fraction of sp³-hybridized carbons (Fsp3) is 0.333. The van der Waals surface area contributed by atoms with Crippen LogP contribution >= 0.6 is 0 Å². The zero-order chi connectivity index (χ0) is 24.8. The molecule has 2 N–H and O–H groups in total. The van der Waals surface area contributed by atoms with Gasteiger partial charge in [-0.05, 0) is 37.6 Å². The molecule has 0 radical (unpaired) electrons. The van der Waals surface area contributed by atoms with Gasteiger partial charge in [0, 0.05) is 23.7 Å². The maximum Gasteiger partial charge on any atom is 0.311 e. The van der Waals surface area contributed by atoms with E-state index in [1.807, 2.05) is 26.0 Å². The molecule has 1 atom stereocenters. The second kappa shape index (κ2) is 10.7. The minimum absolute atomic E-state index is 0.0663. The molecule has 3 rings (SSSR count). The molecule has 2 aromatic carbocycles. The molecule has 0 unspecified atom stereocenters. The van der Waals surface area contributed by atoms with Crippen LogP contribution in [0.4, 0.5) is 5.69 Å². The first-order chi connectivity index (χ1) is 16.2. The summed E-state index contributed by atoms with van der Waals surface area (Å²) in [4.78, 5) is 49.5. The summed E-state index contributed by atoms with van der Waals surface area (Å²) in [6.07, 6.45) is -0.140. The third-order valence-electron chi connectivity index (χ3n) is 5.31. The minimum atomic E-state index is -0.804. The van der Waals surface area contributed by atoms with Crippen molar-refractivity contribution >= 4 is 29.4 Å². The van der Waals surface area contributed by atoms with Crippen molar-refractivity contribution in [3.05, 3.63) is 53.1 Å². The third kappa shape index (κ3) is 6.03. The number of nitrogens with one attached hydrogen (secondary N) is 2. The highest BCUT2D eigenvalue weighted by molar-refractivity contribution is 5.97. The summed E-state index contributed by atoms with van der Waals surface area (Å²) in [6, 6.07) is 10.2. The second-order valence-electron chi connectivity index (χ2n) is 7.92. The molecule has 2 aromatic rings. The molecule has 0 spiro atoms. The summed E-state index contributed by atoms with van der Waals surface area (Å²) in [5.41, 5.74) is 5.29. The van der Waals surface area contributed by atoms with Gasteiger partial charge in [0.2, 0.25) is 5.91 Å². The van der Waals surface area contributed by atoms with Crippen molar-refractivity contribution in [2.24, 2.45) is 5.92 Å². The molecule has 3 amide bonds. The Morgan fingerprint density at radius 3 is 2.32 bits per heavy atom. The Balaban J connectivity index is 1.53. The van der Waals surface area contributed by atoms with Crippen LogP contribution in [-0.2, 0) is 19.1 Å². The number of amides is 3. The molecule has 0 aliphatic carbocycles. The number of rotatable bonds is 8. The zero-order valence-corrected chi connectivity index (χ0v) is 19.5. The van der Waals surface area contributed by atoms with Gasteiger partial charge in [-0.15, -0.1) is 0 Å². The summed E-state index contributed by atoms with van der Waals surface area (Å²) in [5, 5.41) is 3.76. The maximum absolute atomic E-state index is 12.6. The van der Waals surface area contributed by atoms with E-state index in [1.54, 1.807) is 12.1 Å². The molecule has 10 nitrogen and oxygen atoms in total. The fourth-order valence-electron chi connectivity index (χ4n) is 3.49. The Kier molecular flexibility index (Phi) is 7.72. The molecule has 180 valence electrons. The molecule has 1 fully saturated rings. The van der Waals surface area contributed by atoms with Gasteiger partial charge in [-0.2, -0.15) is 0 Å². The van der Waals surface area contributed by atoms with Crippen molar-refractivity contribution in [2.75, 3.05) is 32.7 Å². The minimum Gasteiger partial charge on any atom is -0.497 e. The Morgan fingerprint density at radius 1 is 1.03 bits per heavy atom. The van der Waals surface area contributed by atoms with Crippen LogP contribution < -0.4 is 20.2 Å². The molecule has 1 heterocycles. The fourth-order valence-corrected chi connectivity index (χ4v) is 3.49. The largest absolute Gasteiger partial charge is 0.497 e. The predicted molar refractivity (Wildman–Crippen MR) is 122 cm³/mol. The Morgan fingerprint density at radius 2 is 1.71 bits per heavy atom. The van der Waals surface area contributed by atoms with Gasteiger partial charge < -0.3 is 19.5 Å². The predicted octanol–water partition coefficient (Wildman–Crippen LogP) is 2.00. The number of ether oxygens (including phenoxy) is 3. The molecule has 0 aromatic heterocycles. The number of aryl methyl sites for hydroxylation is 2. The number of carbonyl (C=O) groups excluding carboxylic acids is 4. The van der Waals surface area contributed by atoms with Crippen molar-refractivity contribution in [3.63, 3.8) is 0 Å². The standard InChI is InChI=1S/C24H27N3O7/c1-14-5-6-20(15(2)7-14)25-21(28)13-34-24(31)17-10-22(29)27(12-17)26-23(30)16-8-18(32-3)11-19(9-16)33-4/h5-9,11,17H,10,12-13H2,1-4H3,(H,25,28)(H,26,30)/t17-/m0/s1. The summed E-state index contributed by atoms with van der Waals surface area (Å²) < 4.78 is 15.4. The SMILES string of the molecule is COc1cc(OC)cc(C(=O)NN2C[C@@H](C(=O)OCC(=O)Nc3ccc(C)cc3C)CC2=O)c1. The number of benzene rings is 2. The first-order valence-corrected chi connectivity index (χ1v) is 10.6. The van der Waals surface area contributed by atoms with E-state index in [0.717, 1.165) is 16.1 Å². The highest BCUT2D eigenvalue weighted by Gasteiger charge is 2.36. The lowest BCUT2D eigenvalue weighted by Crippen LogP contribution is -2.43. The van der Waals surface area contributed by atoms with E-state index in [0.29, 0.717) is 17.2 Å². The Hall–Kier alpha value is -4.08. The Bertz CT molecular complexity index is 1090. The van der Waals surface area contributed by atoms with Gasteiger partial charge >= 0.3 is 5.97 Å². The second-order valence-corrected chi connectivity index (χ2v) is 7.92. The lowest BCUT2D eigenvalue weighted by molar-refractivity contribution is -0.151. The van der Waals surface area contributed by atoms with E-state index >= 15 is 0 Å². The highest BCUT2D eigenvalue weighted by atomic mass is 16.5. The molecular weight excluding hydrogens is 442 g/mol. The molecule has 10 heteroatoms. The van der Waals surface area contributed by atoms with Gasteiger partial charge in [-0.1, -0.05) is 17.7 Å². The molecule has 1 saturated heterocycles. The summed E-state index contributed by atoms with van der Waals surface area (Å²) in [7, 11) is 2.91. The third-order valence-corrected chi connectivity index (χ3v) is 5.31. The van der Waals surface area contributed by atoms with E-state index in [4.69, 9.17) is 14.2 Å². The monoisotopic (exact) mass is 469 g/mol. The molecule has 1 aliphatic rings. The lowest BCUT2D eigenvalue weighted by atomic mass is 10.1. The summed E-state index contributed by atoms with van der Waals surface area (Å²) in [6.45, 7) is 3.27. The molecule has 0 bridgehead atoms.